The Labute approximate surface area is 170 Å². The molecule has 2 aromatic carbocycles. The second kappa shape index (κ2) is 7.06. The zero-order valence-corrected chi connectivity index (χ0v) is 16.6. The average molecular weight is 474 g/mol. The molecule has 0 bridgehead atoms. The average Bonchev–Trinajstić information content (AvgIpc) is 2.90. The summed E-state index contributed by atoms with van der Waals surface area (Å²) < 4.78 is 105. The first-order valence-corrected chi connectivity index (χ1v) is 10.4. The Morgan fingerprint density at radius 2 is 1.48 bits per heavy atom. The van der Waals surface area contributed by atoms with E-state index in [0.717, 1.165) is 11.3 Å². The summed E-state index contributed by atoms with van der Waals surface area (Å²) in [5, 5.41) is 0.867. The van der Waals surface area contributed by atoms with Crippen LogP contribution in [0, 0.1) is 6.92 Å². The molecule has 0 aliphatic heterocycles. The molecule has 0 unspecified atom stereocenters. The molecule has 1 N–H and O–H groups in total. The molecule has 0 saturated heterocycles. The smallest absolute Gasteiger partial charge is 0.279 e. The van der Waals surface area contributed by atoms with Crippen LogP contribution in [0.4, 0.5) is 32.0 Å². The van der Waals surface area contributed by atoms with Crippen molar-refractivity contribution in [2.75, 3.05) is 4.72 Å². The number of nitrogens with one attached hydrogen (secondary N) is 1. The quantitative estimate of drug-likeness (QED) is 0.430. The number of hydrogen-bond donors (Lipinski definition) is 1. The van der Waals surface area contributed by atoms with Crippen LogP contribution < -0.4 is 4.72 Å². The van der Waals surface area contributed by atoms with Crippen molar-refractivity contribution in [2.45, 2.75) is 23.5 Å². The molecule has 0 saturated carbocycles. The summed E-state index contributed by atoms with van der Waals surface area (Å²) in [4.78, 5) is 0. The Morgan fingerprint density at radius 1 is 0.931 bits per heavy atom. The number of thiophene rings is 1. The van der Waals surface area contributed by atoms with Crippen molar-refractivity contribution in [3.05, 3.63) is 58.1 Å². The van der Waals surface area contributed by atoms with E-state index in [-0.39, 0.29) is 15.8 Å². The molecule has 1 aromatic heterocycles. The molecule has 12 heteroatoms. The van der Waals surface area contributed by atoms with E-state index in [0.29, 0.717) is 27.2 Å². The molecule has 1 heterocycles. The fraction of sp³-hybridized carbons (Fsp3) is 0.176. The van der Waals surface area contributed by atoms with E-state index in [2.05, 4.69) is 0 Å². The molecule has 0 atom stereocenters. The molecule has 3 rings (SSSR count). The molecular formula is C17H10ClF6NO2S2. The van der Waals surface area contributed by atoms with Crippen molar-refractivity contribution in [1.29, 1.82) is 0 Å². The van der Waals surface area contributed by atoms with E-state index in [1.807, 2.05) is 4.72 Å². The summed E-state index contributed by atoms with van der Waals surface area (Å²) in [7, 11) is -4.45. The van der Waals surface area contributed by atoms with Crippen molar-refractivity contribution in [3.8, 4) is 0 Å². The van der Waals surface area contributed by atoms with E-state index in [9.17, 15) is 34.8 Å². The predicted octanol–water partition coefficient (Wildman–Crippen LogP) is 6.70. The Bertz CT molecular complexity index is 1170. The number of sulfonamides is 1. The molecule has 0 fully saturated rings. The molecule has 0 spiro atoms. The van der Waals surface area contributed by atoms with Crippen LogP contribution in [0.1, 0.15) is 16.7 Å². The van der Waals surface area contributed by atoms with Gasteiger partial charge in [-0.1, -0.05) is 11.6 Å². The van der Waals surface area contributed by atoms with E-state index in [1.54, 1.807) is 6.07 Å². The van der Waals surface area contributed by atoms with Crippen molar-refractivity contribution in [1.82, 2.24) is 0 Å². The summed E-state index contributed by atoms with van der Waals surface area (Å²) in [6.07, 6.45) is -10.2. The number of rotatable bonds is 3. The van der Waals surface area contributed by atoms with Gasteiger partial charge >= 0.3 is 12.4 Å². The number of aryl methyl sites for hydroxylation is 1. The minimum atomic E-state index is -5.09. The monoisotopic (exact) mass is 473 g/mol. The van der Waals surface area contributed by atoms with E-state index in [1.165, 1.54) is 19.1 Å². The topological polar surface area (TPSA) is 46.2 Å². The fourth-order valence-electron chi connectivity index (χ4n) is 2.64. The maximum Gasteiger partial charge on any atom is 0.416 e. The highest BCUT2D eigenvalue weighted by atomic mass is 35.5. The van der Waals surface area contributed by atoms with Gasteiger partial charge in [-0.15, -0.1) is 11.3 Å². The summed E-state index contributed by atoms with van der Waals surface area (Å²) in [6, 6.07) is 5.17. The number of halogens is 7. The Morgan fingerprint density at radius 3 is 2.00 bits per heavy atom. The van der Waals surface area contributed by atoms with Crippen LogP contribution in [-0.4, -0.2) is 8.42 Å². The second-order valence-corrected chi connectivity index (χ2v) is 9.42. The lowest BCUT2D eigenvalue weighted by atomic mass is 10.1. The first-order chi connectivity index (χ1) is 13.2. The van der Waals surface area contributed by atoms with Gasteiger partial charge in [-0.3, -0.25) is 4.72 Å². The van der Waals surface area contributed by atoms with Crippen molar-refractivity contribution in [3.63, 3.8) is 0 Å². The molecule has 29 heavy (non-hydrogen) atoms. The van der Waals surface area contributed by atoms with Gasteiger partial charge in [-0.25, -0.2) is 8.42 Å². The highest BCUT2D eigenvalue weighted by Gasteiger charge is 2.37. The van der Waals surface area contributed by atoms with Crippen LogP contribution in [0.3, 0.4) is 0 Å². The molecule has 0 amide bonds. The standard InChI is InChI=1S/C17H10ClF6NO2S2/c1-8-13-7-11(18)2-3-14(13)28-15(8)29(26,27)25-12-5-9(16(19,20)21)4-10(6-12)17(22,23)24/h2-7,25H,1H3. The highest BCUT2D eigenvalue weighted by Crippen LogP contribution is 2.39. The lowest BCUT2D eigenvalue weighted by molar-refractivity contribution is -0.143. The molecular weight excluding hydrogens is 464 g/mol. The van der Waals surface area contributed by atoms with Crippen LogP contribution >= 0.6 is 22.9 Å². The fourth-order valence-corrected chi connectivity index (χ4v) is 5.60. The summed E-state index contributed by atoms with van der Waals surface area (Å²) >= 11 is 6.72. The number of alkyl halides is 6. The van der Waals surface area contributed by atoms with Crippen LogP contribution in [-0.2, 0) is 22.4 Å². The Hall–Kier alpha value is -1.98. The molecule has 0 radical (unpaired) electrons. The normalized spacial score (nSPS) is 13.1. The number of anilines is 1. The third-order valence-corrected chi connectivity index (χ3v) is 7.45. The predicted molar refractivity (Wildman–Crippen MR) is 98.8 cm³/mol. The van der Waals surface area contributed by atoms with Gasteiger partial charge in [0.1, 0.15) is 4.21 Å². The van der Waals surface area contributed by atoms with Gasteiger partial charge in [0, 0.05) is 9.72 Å². The molecule has 0 aliphatic rings. The lowest BCUT2D eigenvalue weighted by Crippen LogP contribution is -2.16. The minimum absolute atomic E-state index is 0.0789. The van der Waals surface area contributed by atoms with Crippen molar-refractivity contribution < 1.29 is 34.8 Å². The minimum Gasteiger partial charge on any atom is -0.279 e. The zero-order valence-electron chi connectivity index (χ0n) is 14.2. The van der Waals surface area contributed by atoms with Gasteiger partial charge in [0.05, 0.1) is 16.8 Å². The van der Waals surface area contributed by atoms with E-state index in [4.69, 9.17) is 11.6 Å². The summed E-state index contributed by atoms with van der Waals surface area (Å²) in [5.41, 5.74) is -3.81. The van der Waals surface area contributed by atoms with Gasteiger partial charge in [-0.05, 0) is 54.3 Å². The second-order valence-electron chi connectivity index (χ2n) is 6.06. The van der Waals surface area contributed by atoms with E-state index >= 15 is 0 Å². The van der Waals surface area contributed by atoms with Crippen LogP contribution in [0.25, 0.3) is 10.1 Å². The molecule has 3 nitrogen and oxygen atoms in total. The SMILES string of the molecule is Cc1c(S(=O)(=O)Nc2cc(C(F)(F)F)cc(C(F)(F)F)c2)sc2ccc(Cl)cc12. The number of benzene rings is 2. The third kappa shape index (κ3) is 4.46. The van der Waals surface area contributed by atoms with Crippen molar-refractivity contribution >= 4 is 48.7 Å². The van der Waals surface area contributed by atoms with Crippen LogP contribution in [0.15, 0.2) is 40.6 Å². The Balaban J connectivity index is 2.10. The van der Waals surface area contributed by atoms with Gasteiger partial charge in [0.15, 0.2) is 0 Å². The Kier molecular flexibility index (Phi) is 5.29. The maximum absolute atomic E-state index is 13.0. The number of fused-ring (bicyclic) bond motifs is 1. The number of hydrogen-bond acceptors (Lipinski definition) is 3. The molecule has 3 aromatic rings. The van der Waals surface area contributed by atoms with Gasteiger partial charge in [0.2, 0.25) is 0 Å². The first-order valence-electron chi connectivity index (χ1n) is 7.69. The van der Waals surface area contributed by atoms with Crippen LogP contribution in [0.5, 0.6) is 0 Å². The van der Waals surface area contributed by atoms with Crippen molar-refractivity contribution in [2.24, 2.45) is 0 Å². The maximum atomic E-state index is 13.0. The summed E-state index contributed by atoms with van der Waals surface area (Å²) in [5.74, 6) is 0. The van der Waals surface area contributed by atoms with Gasteiger partial charge in [0.25, 0.3) is 10.0 Å². The van der Waals surface area contributed by atoms with Gasteiger partial charge in [-0.2, -0.15) is 26.3 Å². The van der Waals surface area contributed by atoms with E-state index < -0.39 is 39.2 Å². The lowest BCUT2D eigenvalue weighted by Gasteiger charge is -2.15. The first kappa shape index (κ1) is 21.7. The molecule has 156 valence electrons. The largest absolute Gasteiger partial charge is 0.416 e. The van der Waals surface area contributed by atoms with Crippen LogP contribution in [0.2, 0.25) is 5.02 Å². The highest BCUT2D eigenvalue weighted by molar-refractivity contribution is 7.94. The van der Waals surface area contributed by atoms with Gasteiger partial charge < -0.3 is 0 Å². The zero-order chi connectivity index (χ0) is 21.8. The third-order valence-electron chi connectivity index (χ3n) is 3.94. The molecule has 0 aliphatic carbocycles. The summed E-state index contributed by atoms with van der Waals surface area (Å²) in [6.45, 7) is 1.47.